The monoisotopic (exact) mass is 265 g/mol. The second kappa shape index (κ2) is 5.91. The zero-order valence-electron chi connectivity index (χ0n) is 11.5. The third-order valence-corrected chi connectivity index (χ3v) is 4.12. The quantitative estimate of drug-likeness (QED) is 0.885. The molecule has 0 spiro atoms. The Labute approximate surface area is 119 Å². The predicted octanol–water partition coefficient (Wildman–Crippen LogP) is 4.21. The van der Waals surface area contributed by atoms with Crippen molar-refractivity contribution in [2.24, 2.45) is 5.92 Å². The number of hydrogen-bond donors (Lipinski definition) is 1. The van der Waals surface area contributed by atoms with Crippen molar-refractivity contribution < 1.29 is 4.79 Å². The molecule has 1 amide bonds. The molecule has 2 aromatic rings. The van der Waals surface area contributed by atoms with Gasteiger partial charge in [0.15, 0.2) is 0 Å². The first-order valence-corrected chi connectivity index (χ1v) is 7.25. The highest BCUT2D eigenvalue weighted by molar-refractivity contribution is 5.93. The summed E-state index contributed by atoms with van der Waals surface area (Å²) in [5, 5.41) is 3.04. The van der Waals surface area contributed by atoms with E-state index in [2.05, 4.69) is 29.6 Å². The van der Waals surface area contributed by atoms with E-state index in [1.54, 1.807) is 0 Å². The Balaban J connectivity index is 1.74. The lowest BCUT2D eigenvalue weighted by atomic mass is 9.88. The van der Waals surface area contributed by atoms with Gasteiger partial charge in [0, 0.05) is 11.6 Å². The lowest BCUT2D eigenvalue weighted by Crippen LogP contribution is -2.24. The first kappa shape index (κ1) is 12.9. The Hall–Kier alpha value is -2.09. The van der Waals surface area contributed by atoms with Gasteiger partial charge in [0.2, 0.25) is 5.91 Å². The lowest BCUT2D eigenvalue weighted by Gasteiger charge is -2.19. The Morgan fingerprint density at radius 1 is 0.900 bits per heavy atom. The van der Waals surface area contributed by atoms with E-state index in [0.717, 1.165) is 24.9 Å². The van der Waals surface area contributed by atoms with Gasteiger partial charge in [-0.15, -0.1) is 0 Å². The summed E-state index contributed by atoms with van der Waals surface area (Å²) >= 11 is 0. The topological polar surface area (TPSA) is 29.1 Å². The van der Waals surface area contributed by atoms with E-state index < -0.39 is 0 Å². The second-order valence-electron chi connectivity index (χ2n) is 5.41. The lowest BCUT2D eigenvalue weighted by molar-refractivity contribution is -0.120. The number of hydrogen-bond acceptors (Lipinski definition) is 1. The number of amides is 1. The van der Waals surface area contributed by atoms with Crippen molar-refractivity contribution in [2.45, 2.75) is 25.2 Å². The van der Waals surface area contributed by atoms with E-state index in [9.17, 15) is 4.79 Å². The Bertz CT molecular complexity index is 564. The molecule has 1 aliphatic rings. The molecule has 2 aromatic carbocycles. The van der Waals surface area contributed by atoms with E-state index in [1.807, 2.05) is 36.4 Å². The summed E-state index contributed by atoms with van der Waals surface area (Å²) in [4.78, 5) is 12.5. The maximum atomic E-state index is 12.5. The highest BCUT2D eigenvalue weighted by Crippen LogP contribution is 2.40. The Kier molecular flexibility index (Phi) is 3.82. The van der Waals surface area contributed by atoms with Crippen molar-refractivity contribution in [3.05, 3.63) is 66.2 Å². The van der Waals surface area contributed by atoms with E-state index in [1.165, 1.54) is 5.56 Å². The number of para-hydroxylation sites is 1. The minimum atomic E-state index is 0.0950. The summed E-state index contributed by atoms with van der Waals surface area (Å²) in [7, 11) is 0. The highest BCUT2D eigenvalue weighted by atomic mass is 16.1. The minimum Gasteiger partial charge on any atom is -0.326 e. The summed E-state index contributed by atoms with van der Waals surface area (Å²) in [6, 6.07) is 20.1. The molecule has 1 saturated carbocycles. The normalized spacial score (nSPS) is 21.6. The molecule has 102 valence electrons. The maximum absolute atomic E-state index is 12.5. The fraction of sp³-hybridized carbons (Fsp3) is 0.278. The summed E-state index contributed by atoms with van der Waals surface area (Å²) < 4.78 is 0. The van der Waals surface area contributed by atoms with Crippen molar-refractivity contribution in [3.63, 3.8) is 0 Å². The zero-order chi connectivity index (χ0) is 13.8. The molecule has 0 radical (unpaired) electrons. The van der Waals surface area contributed by atoms with E-state index >= 15 is 0 Å². The molecule has 0 aliphatic heterocycles. The minimum absolute atomic E-state index is 0.0950. The number of carbonyl (C=O) groups is 1. The fourth-order valence-electron chi connectivity index (χ4n) is 3.13. The number of carbonyl (C=O) groups excluding carboxylic acids is 1. The summed E-state index contributed by atoms with van der Waals surface area (Å²) in [5.41, 5.74) is 2.18. The van der Waals surface area contributed by atoms with Crippen LogP contribution in [0.5, 0.6) is 0 Å². The molecule has 2 nitrogen and oxygen atoms in total. The van der Waals surface area contributed by atoms with E-state index in [-0.39, 0.29) is 11.8 Å². The van der Waals surface area contributed by atoms with Gasteiger partial charge in [-0.1, -0.05) is 55.0 Å². The van der Waals surface area contributed by atoms with Crippen LogP contribution in [0.25, 0.3) is 0 Å². The van der Waals surface area contributed by atoms with Crippen molar-refractivity contribution in [3.8, 4) is 0 Å². The molecule has 1 fully saturated rings. The second-order valence-corrected chi connectivity index (χ2v) is 5.41. The van der Waals surface area contributed by atoms with Crippen LogP contribution in [-0.2, 0) is 4.79 Å². The Morgan fingerprint density at radius 3 is 2.25 bits per heavy atom. The van der Waals surface area contributed by atoms with Crippen LogP contribution >= 0.6 is 0 Å². The molecule has 0 heterocycles. The molecular formula is C18H19NO. The molecule has 2 unspecified atom stereocenters. The van der Waals surface area contributed by atoms with Crippen LogP contribution in [0.3, 0.4) is 0 Å². The van der Waals surface area contributed by atoms with Gasteiger partial charge in [-0.25, -0.2) is 0 Å². The molecule has 3 rings (SSSR count). The number of benzene rings is 2. The summed E-state index contributed by atoms with van der Waals surface area (Å²) in [6.07, 6.45) is 3.22. The van der Waals surface area contributed by atoms with Crippen molar-refractivity contribution in [2.75, 3.05) is 5.32 Å². The molecule has 1 N–H and O–H groups in total. The average molecular weight is 265 g/mol. The molecule has 2 atom stereocenters. The van der Waals surface area contributed by atoms with Crippen molar-refractivity contribution >= 4 is 11.6 Å². The van der Waals surface area contributed by atoms with Gasteiger partial charge in [0.1, 0.15) is 0 Å². The van der Waals surface area contributed by atoms with Crippen LogP contribution in [0, 0.1) is 5.92 Å². The molecular weight excluding hydrogens is 246 g/mol. The third kappa shape index (κ3) is 2.74. The third-order valence-electron chi connectivity index (χ3n) is 4.12. The maximum Gasteiger partial charge on any atom is 0.228 e. The summed E-state index contributed by atoms with van der Waals surface area (Å²) in [6.45, 7) is 0. The molecule has 0 aromatic heterocycles. The Morgan fingerprint density at radius 2 is 1.55 bits per heavy atom. The highest BCUT2D eigenvalue weighted by Gasteiger charge is 2.33. The number of anilines is 1. The van der Waals surface area contributed by atoms with Crippen molar-refractivity contribution in [1.29, 1.82) is 0 Å². The molecule has 0 saturated heterocycles. The first-order chi connectivity index (χ1) is 9.84. The smallest absolute Gasteiger partial charge is 0.228 e. The molecule has 2 heteroatoms. The van der Waals surface area contributed by atoms with Gasteiger partial charge in [0.05, 0.1) is 0 Å². The summed E-state index contributed by atoms with van der Waals surface area (Å²) in [5.74, 6) is 0.611. The average Bonchev–Trinajstić information content (AvgIpc) is 2.99. The van der Waals surface area contributed by atoms with E-state index in [4.69, 9.17) is 0 Å². The molecule has 1 aliphatic carbocycles. The van der Waals surface area contributed by atoms with Gasteiger partial charge in [0.25, 0.3) is 0 Å². The zero-order valence-corrected chi connectivity index (χ0v) is 11.5. The van der Waals surface area contributed by atoms with Crippen LogP contribution in [0.4, 0.5) is 5.69 Å². The molecule has 20 heavy (non-hydrogen) atoms. The van der Waals surface area contributed by atoms with Crippen LogP contribution in [0.1, 0.15) is 30.7 Å². The van der Waals surface area contributed by atoms with Crippen molar-refractivity contribution in [1.82, 2.24) is 0 Å². The van der Waals surface area contributed by atoms with Gasteiger partial charge >= 0.3 is 0 Å². The predicted molar refractivity (Wildman–Crippen MR) is 81.6 cm³/mol. The first-order valence-electron chi connectivity index (χ1n) is 7.25. The van der Waals surface area contributed by atoms with Gasteiger partial charge in [-0.2, -0.15) is 0 Å². The van der Waals surface area contributed by atoms with Gasteiger partial charge in [-0.05, 0) is 36.5 Å². The van der Waals surface area contributed by atoms with Crippen LogP contribution in [0.2, 0.25) is 0 Å². The number of rotatable bonds is 3. The van der Waals surface area contributed by atoms with Crippen LogP contribution in [-0.4, -0.2) is 5.91 Å². The van der Waals surface area contributed by atoms with Crippen LogP contribution in [0.15, 0.2) is 60.7 Å². The van der Waals surface area contributed by atoms with Gasteiger partial charge in [-0.3, -0.25) is 4.79 Å². The fourth-order valence-corrected chi connectivity index (χ4v) is 3.13. The largest absolute Gasteiger partial charge is 0.326 e. The van der Waals surface area contributed by atoms with E-state index in [0.29, 0.717) is 5.92 Å². The number of nitrogens with one attached hydrogen (secondary N) is 1. The molecule has 0 bridgehead atoms. The SMILES string of the molecule is O=C(Nc1ccccc1)C1CCCC1c1ccccc1. The standard InChI is InChI=1S/C18H19NO/c20-18(19-15-10-5-2-6-11-15)17-13-7-12-16(17)14-8-3-1-4-9-14/h1-6,8-11,16-17H,7,12-13H2,(H,19,20). The van der Waals surface area contributed by atoms with Crippen LogP contribution < -0.4 is 5.32 Å². The van der Waals surface area contributed by atoms with Gasteiger partial charge < -0.3 is 5.32 Å².